The summed E-state index contributed by atoms with van der Waals surface area (Å²) in [6, 6.07) is 2.19. The monoisotopic (exact) mass is 232 g/mol. The number of allylic oxidation sites excluding steroid dienone is 1. The Kier molecular flexibility index (Phi) is 4.50. The van der Waals surface area contributed by atoms with E-state index < -0.39 is 0 Å². The highest BCUT2D eigenvalue weighted by Crippen LogP contribution is 2.21. The van der Waals surface area contributed by atoms with E-state index in [-0.39, 0.29) is 5.97 Å². The Morgan fingerprint density at radius 2 is 1.82 bits per heavy atom. The summed E-state index contributed by atoms with van der Waals surface area (Å²) in [5, 5.41) is 0. The van der Waals surface area contributed by atoms with Gasteiger partial charge in [-0.1, -0.05) is 12.1 Å². The number of aryl methyl sites for hydroxylation is 1. The van der Waals surface area contributed by atoms with E-state index >= 15 is 0 Å². The van der Waals surface area contributed by atoms with Gasteiger partial charge in [-0.25, -0.2) is 4.79 Å². The molecule has 0 radical (unpaired) electrons. The van der Waals surface area contributed by atoms with Gasteiger partial charge in [-0.05, 0) is 61.9 Å². The molecule has 0 N–H and O–H groups in total. The Labute approximate surface area is 103 Å². The molecule has 0 spiro atoms. The summed E-state index contributed by atoms with van der Waals surface area (Å²) >= 11 is 0. The van der Waals surface area contributed by atoms with Crippen molar-refractivity contribution in [3.05, 3.63) is 46.0 Å². The maximum absolute atomic E-state index is 11.0. The van der Waals surface area contributed by atoms with Crippen LogP contribution in [0.15, 0.2) is 18.2 Å². The van der Waals surface area contributed by atoms with Crippen molar-refractivity contribution in [2.24, 2.45) is 0 Å². The largest absolute Gasteiger partial charge is 0.466 e. The average Bonchev–Trinajstić information content (AvgIpc) is 2.32. The lowest BCUT2D eigenvalue weighted by Crippen LogP contribution is -1.98. The molecule has 0 atom stereocenters. The number of hydrogen-bond donors (Lipinski definition) is 0. The highest BCUT2D eigenvalue weighted by molar-refractivity contribution is 5.81. The van der Waals surface area contributed by atoms with Crippen molar-refractivity contribution in [2.75, 3.05) is 7.11 Å². The first-order valence-electron chi connectivity index (χ1n) is 5.78. The standard InChI is InChI=1S/C15H20O2/c1-10-9-14(7-6-8-15(16)17-5)13(4)12(3)11(10)2/h6,8-9H,7H2,1-5H3/b8-6+. The molecular formula is C15H20O2. The van der Waals surface area contributed by atoms with Crippen molar-refractivity contribution >= 4 is 5.97 Å². The molecule has 0 saturated heterocycles. The number of carbonyl (C=O) groups excluding carboxylic acids is 1. The van der Waals surface area contributed by atoms with Crippen molar-refractivity contribution in [1.82, 2.24) is 0 Å². The molecule has 0 aliphatic rings. The van der Waals surface area contributed by atoms with Crippen LogP contribution < -0.4 is 0 Å². The smallest absolute Gasteiger partial charge is 0.330 e. The predicted octanol–water partition coefficient (Wildman–Crippen LogP) is 3.19. The first-order valence-corrected chi connectivity index (χ1v) is 5.78. The highest BCUT2D eigenvalue weighted by Gasteiger charge is 2.05. The molecule has 0 aliphatic heterocycles. The fraction of sp³-hybridized carbons (Fsp3) is 0.400. The minimum atomic E-state index is -0.303. The van der Waals surface area contributed by atoms with Crippen molar-refractivity contribution < 1.29 is 9.53 Å². The number of ether oxygens (including phenoxy) is 1. The summed E-state index contributed by atoms with van der Waals surface area (Å²) in [6.45, 7) is 8.54. The highest BCUT2D eigenvalue weighted by atomic mass is 16.5. The fourth-order valence-electron chi connectivity index (χ4n) is 1.86. The molecule has 0 unspecified atom stereocenters. The van der Waals surface area contributed by atoms with Gasteiger partial charge in [0.25, 0.3) is 0 Å². The van der Waals surface area contributed by atoms with E-state index in [4.69, 9.17) is 0 Å². The quantitative estimate of drug-likeness (QED) is 0.591. The van der Waals surface area contributed by atoms with Gasteiger partial charge in [0.2, 0.25) is 0 Å². The molecule has 92 valence electrons. The molecule has 0 heterocycles. The molecule has 0 saturated carbocycles. The fourth-order valence-corrected chi connectivity index (χ4v) is 1.86. The van der Waals surface area contributed by atoms with Crippen LogP contribution in [0.3, 0.4) is 0 Å². The van der Waals surface area contributed by atoms with Gasteiger partial charge in [0.05, 0.1) is 7.11 Å². The number of hydrogen-bond acceptors (Lipinski definition) is 2. The minimum Gasteiger partial charge on any atom is -0.466 e. The Bertz CT molecular complexity index is 456. The van der Waals surface area contributed by atoms with E-state index in [0.717, 1.165) is 6.42 Å². The van der Waals surface area contributed by atoms with Gasteiger partial charge < -0.3 is 4.74 Å². The normalized spacial score (nSPS) is 10.9. The van der Waals surface area contributed by atoms with Crippen LogP contribution >= 0.6 is 0 Å². The van der Waals surface area contributed by atoms with E-state index in [1.807, 2.05) is 6.08 Å². The van der Waals surface area contributed by atoms with Gasteiger partial charge in [-0.3, -0.25) is 0 Å². The van der Waals surface area contributed by atoms with Gasteiger partial charge in [0.15, 0.2) is 0 Å². The zero-order valence-corrected chi connectivity index (χ0v) is 11.3. The zero-order chi connectivity index (χ0) is 13.0. The molecule has 0 fully saturated rings. The SMILES string of the molecule is COC(=O)/C=C/Cc1cc(C)c(C)c(C)c1C. The molecule has 2 heteroatoms. The molecule has 2 nitrogen and oxygen atoms in total. The molecule has 0 amide bonds. The zero-order valence-electron chi connectivity index (χ0n) is 11.3. The second-order valence-corrected chi connectivity index (χ2v) is 4.36. The van der Waals surface area contributed by atoms with Gasteiger partial charge in [0, 0.05) is 6.08 Å². The predicted molar refractivity (Wildman–Crippen MR) is 70.3 cm³/mol. The summed E-state index contributed by atoms with van der Waals surface area (Å²) in [5.74, 6) is -0.303. The maximum Gasteiger partial charge on any atom is 0.330 e. The Hall–Kier alpha value is -1.57. The number of carbonyl (C=O) groups is 1. The van der Waals surface area contributed by atoms with Crippen LogP contribution in [-0.2, 0) is 16.0 Å². The van der Waals surface area contributed by atoms with E-state index in [0.29, 0.717) is 0 Å². The molecule has 0 bridgehead atoms. The van der Waals surface area contributed by atoms with Gasteiger partial charge >= 0.3 is 5.97 Å². The van der Waals surface area contributed by atoms with E-state index in [1.165, 1.54) is 41.0 Å². The number of benzene rings is 1. The summed E-state index contributed by atoms with van der Waals surface area (Å²) < 4.78 is 4.56. The van der Waals surface area contributed by atoms with E-state index in [2.05, 4.69) is 38.5 Å². The van der Waals surface area contributed by atoms with Crippen LogP contribution in [0.2, 0.25) is 0 Å². The lowest BCUT2D eigenvalue weighted by Gasteiger charge is -2.12. The van der Waals surface area contributed by atoms with Crippen molar-refractivity contribution in [1.29, 1.82) is 0 Å². The third kappa shape index (κ3) is 3.19. The molecular weight excluding hydrogens is 212 g/mol. The molecule has 1 aromatic rings. The van der Waals surface area contributed by atoms with Crippen molar-refractivity contribution in [3.8, 4) is 0 Å². The third-order valence-corrected chi connectivity index (χ3v) is 3.38. The van der Waals surface area contributed by atoms with E-state index in [1.54, 1.807) is 0 Å². The summed E-state index contributed by atoms with van der Waals surface area (Å²) in [6.07, 6.45) is 4.09. The lowest BCUT2D eigenvalue weighted by molar-refractivity contribution is -0.134. The van der Waals surface area contributed by atoms with Crippen LogP contribution in [0, 0.1) is 27.7 Å². The maximum atomic E-state index is 11.0. The Balaban J connectivity index is 2.93. The molecule has 0 aliphatic carbocycles. The lowest BCUT2D eigenvalue weighted by atomic mass is 9.93. The van der Waals surface area contributed by atoms with Gasteiger partial charge in [-0.2, -0.15) is 0 Å². The molecule has 1 aromatic carbocycles. The van der Waals surface area contributed by atoms with Crippen LogP contribution in [0.5, 0.6) is 0 Å². The molecule has 17 heavy (non-hydrogen) atoms. The van der Waals surface area contributed by atoms with Crippen LogP contribution in [0.1, 0.15) is 27.8 Å². The van der Waals surface area contributed by atoms with E-state index in [9.17, 15) is 4.79 Å². The first kappa shape index (κ1) is 13.5. The summed E-state index contributed by atoms with van der Waals surface area (Å²) in [4.78, 5) is 11.0. The van der Waals surface area contributed by atoms with Crippen molar-refractivity contribution in [3.63, 3.8) is 0 Å². The Morgan fingerprint density at radius 1 is 1.18 bits per heavy atom. The Morgan fingerprint density at radius 3 is 2.41 bits per heavy atom. The topological polar surface area (TPSA) is 26.3 Å². The number of methoxy groups -OCH3 is 1. The first-order chi connectivity index (χ1) is 7.97. The number of rotatable bonds is 3. The second kappa shape index (κ2) is 5.67. The van der Waals surface area contributed by atoms with Crippen LogP contribution in [0.4, 0.5) is 0 Å². The van der Waals surface area contributed by atoms with Gasteiger partial charge in [-0.15, -0.1) is 0 Å². The van der Waals surface area contributed by atoms with Crippen LogP contribution in [0.25, 0.3) is 0 Å². The van der Waals surface area contributed by atoms with Crippen LogP contribution in [-0.4, -0.2) is 13.1 Å². The molecule has 0 aromatic heterocycles. The minimum absolute atomic E-state index is 0.303. The summed E-state index contributed by atoms with van der Waals surface area (Å²) in [5.41, 5.74) is 6.57. The second-order valence-electron chi connectivity index (χ2n) is 4.36. The van der Waals surface area contributed by atoms with Crippen molar-refractivity contribution in [2.45, 2.75) is 34.1 Å². The number of esters is 1. The average molecular weight is 232 g/mol. The molecule has 1 rings (SSSR count). The van der Waals surface area contributed by atoms with Gasteiger partial charge in [0.1, 0.15) is 0 Å². The third-order valence-electron chi connectivity index (χ3n) is 3.38. The summed E-state index contributed by atoms with van der Waals surface area (Å²) in [7, 11) is 1.39.